The van der Waals surface area contributed by atoms with Crippen molar-refractivity contribution in [3.63, 3.8) is 0 Å². The lowest BCUT2D eigenvalue weighted by Gasteiger charge is -2.28. The molecule has 0 spiro atoms. The van der Waals surface area contributed by atoms with Gasteiger partial charge in [0, 0.05) is 30.0 Å². The number of alkyl halides is 3. The molecule has 1 saturated heterocycles. The van der Waals surface area contributed by atoms with Crippen LogP contribution < -0.4 is 10.2 Å². The topological polar surface area (TPSA) is 68.1 Å². The molecule has 1 aliphatic rings. The summed E-state index contributed by atoms with van der Waals surface area (Å²) in [6.45, 7) is 3.46. The Morgan fingerprint density at radius 3 is 2.26 bits per heavy atom. The van der Waals surface area contributed by atoms with Crippen LogP contribution in [0.4, 0.5) is 30.4 Å². The molecule has 1 aliphatic heterocycles. The highest BCUT2D eigenvalue weighted by Gasteiger charge is 2.30. The van der Waals surface area contributed by atoms with E-state index in [0.717, 1.165) is 55.4 Å². The van der Waals surface area contributed by atoms with Crippen molar-refractivity contribution in [1.29, 1.82) is 0 Å². The second-order valence-electron chi connectivity index (χ2n) is 9.27. The molecule has 3 aromatic carbocycles. The normalized spacial score (nSPS) is 14.1. The van der Waals surface area contributed by atoms with Gasteiger partial charge in [-0.1, -0.05) is 42.5 Å². The average Bonchev–Trinajstić information content (AvgIpc) is 3.37. The minimum atomic E-state index is -4.38. The molecule has 0 unspecified atom stereocenters. The lowest BCUT2D eigenvalue weighted by molar-refractivity contribution is -0.137. The van der Waals surface area contributed by atoms with E-state index in [1.165, 1.54) is 12.1 Å². The van der Waals surface area contributed by atoms with Crippen LogP contribution in [-0.4, -0.2) is 45.8 Å². The molecular weight excluding hydrogens is 505 g/mol. The maximum Gasteiger partial charge on any atom is 0.416 e. The van der Waals surface area contributed by atoms with Gasteiger partial charge in [-0.3, -0.25) is 0 Å². The number of fused-ring (bicyclic) bond motifs is 1. The van der Waals surface area contributed by atoms with E-state index in [1.807, 2.05) is 47.0 Å². The van der Waals surface area contributed by atoms with Crippen molar-refractivity contribution in [2.45, 2.75) is 12.7 Å². The maximum atomic E-state index is 13.0. The minimum absolute atomic E-state index is 0.313. The summed E-state index contributed by atoms with van der Waals surface area (Å²) in [5, 5.41) is 3.39. The maximum absolute atomic E-state index is 13.0. The lowest BCUT2D eigenvalue weighted by atomic mass is 10.1. The molecule has 6 rings (SSSR count). The molecule has 0 amide bonds. The number of nitrogens with zero attached hydrogens (tertiary/aromatic N) is 5. The molecule has 0 atom stereocenters. The summed E-state index contributed by atoms with van der Waals surface area (Å²) in [5.74, 6) is 1.06. The molecular formula is C29H25F3N6O. The van der Waals surface area contributed by atoms with Crippen molar-refractivity contribution in [3.8, 4) is 11.4 Å². The molecule has 198 valence electrons. The number of benzene rings is 3. The Balaban J connectivity index is 1.34. The summed E-state index contributed by atoms with van der Waals surface area (Å²) in [6.07, 6.45) is -2.74. The molecule has 0 aliphatic carbocycles. The van der Waals surface area contributed by atoms with Crippen LogP contribution in [0.2, 0.25) is 0 Å². The Hall–Kier alpha value is -4.44. The largest absolute Gasteiger partial charge is 0.416 e. The lowest BCUT2D eigenvalue weighted by Crippen LogP contribution is -2.36. The third kappa shape index (κ3) is 5.42. The quantitative estimate of drug-likeness (QED) is 0.285. The van der Waals surface area contributed by atoms with Gasteiger partial charge >= 0.3 is 6.18 Å². The fourth-order valence-corrected chi connectivity index (χ4v) is 4.57. The number of morpholine rings is 1. The standard InChI is InChI=1S/C29H25F3N6O/c30-29(31,32)22-8-6-20(7-9-22)18-38-19-33-25-27(35-26(36-28(25)38)21-4-2-1-3-5-21)34-23-10-12-24(13-11-23)37-14-16-39-17-15-37/h1-13,19H,14-18H2,(H,34,35,36). The van der Waals surface area contributed by atoms with E-state index in [1.54, 1.807) is 6.33 Å². The zero-order valence-corrected chi connectivity index (χ0v) is 20.9. The summed E-state index contributed by atoms with van der Waals surface area (Å²) >= 11 is 0. The van der Waals surface area contributed by atoms with Crippen LogP contribution in [0.5, 0.6) is 0 Å². The molecule has 0 radical (unpaired) electrons. The summed E-state index contributed by atoms with van der Waals surface area (Å²) in [5.41, 5.74) is 3.99. The van der Waals surface area contributed by atoms with Gasteiger partial charge in [0.1, 0.15) is 0 Å². The van der Waals surface area contributed by atoms with Crippen LogP contribution >= 0.6 is 0 Å². The third-order valence-corrected chi connectivity index (χ3v) is 6.64. The van der Waals surface area contributed by atoms with Crippen molar-refractivity contribution in [2.24, 2.45) is 0 Å². The Morgan fingerprint density at radius 1 is 0.846 bits per heavy atom. The van der Waals surface area contributed by atoms with E-state index in [-0.39, 0.29) is 0 Å². The van der Waals surface area contributed by atoms with Gasteiger partial charge in [-0.25, -0.2) is 15.0 Å². The van der Waals surface area contributed by atoms with Crippen molar-refractivity contribution in [2.75, 3.05) is 36.5 Å². The third-order valence-electron chi connectivity index (χ3n) is 6.64. The first kappa shape index (κ1) is 24.9. The predicted molar refractivity (Wildman–Crippen MR) is 144 cm³/mol. The van der Waals surface area contributed by atoms with E-state index in [9.17, 15) is 13.2 Å². The number of anilines is 3. The van der Waals surface area contributed by atoms with Gasteiger partial charge in [-0.15, -0.1) is 0 Å². The van der Waals surface area contributed by atoms with Crippen LogP contribution in [0.15, 0.2) is 85.2 Å². The SMILES string of the molecule is FC(F)(F)c1ccc(Cn2cnc3c(Nc4ccc(N5CCOCC5)cc4)nc(-c4ccccc4)nc32)cc1. The number of hydrogen-bond acceptors (Lipinski definition) is 6. The molecule has 1 N–H and O–H groups in total. The number of ether oxygens (including phenoxy) is 1. The van der Waals surface area contributed by atoms with Crippen LogP contribution in [0, 0.1) is 0 Å². The second-order valence-corrected chi connectivity index (χ2v) is 9.27. The summed E-state index contributed by atoms with van der Waals surface area (Å²) < 4.78 is 46.3. The molecule has 2 aromatic heterocycles. The average molecular weight is 531 g/mol. The van der Waals surface area contributed by atoms with Crippen molar-refractivity contribution in [3.05, 3.63) is 96.3 Å². The predicted octanol–water partition coefficient (Wildman–Crippen LogP) is 6.14. The van der Waals surface area contributed by atoms with Gasteiger partial charge in [-0.05, 0) is 42.0 Å². The zero-order chi connectivity index (χ0) is 26.8. The van der Waals surface area contributed by atoms with Gasteiger partial charge in [0.2, 0.25) is 0 Å². The van der Waals surface area contributed by atoms with Crippen molar-refractivity contribution < 1.29 is 17.9 Å². The van der Waals surface area contributed by atoms with Crippen LogP contribution in [-0.2, 0) is 17.5 Å². The molecule has 1 fully saturated rings. The van der Waals surface area contributed by atoms with Gasteiger partial charge in [0.15, 0.2) is 22.8 Å². The molecule has 0 bridgehead atoms. The first-order valence-corrected chi connectivity index (χ1v) is 12.6. The number of rotatable bonds is 6. The molecule has 3 heterocycles. The van der Waals surface area contributed by atoms with Crippen LogP contribution in [0.1, 0.15) is 11.1 Å². The first-order chi connectivity index (χ1) is 18.9. The second kappa shape index (κ2) is 10.4. The highest BCUT2D eigenvalue weighted by atomic mass is 19.4. The van der Waals surface area contributed by atoms with Crippen molar-refractivity contribution >= 4 is 28.4 Å². The van der Waals surface area contributed by atoms with Crippen molar-refractivity contribution in [1.82, 2.24) is 19.5 Å². The van der Waals surface area contributed by atoms with E-state index < -0.39 is 11.7 Å². The number of hydrogen-bond donors (Lipinski definition) is 1. The van der Waals surface area contributed by atoms with E-state index >= 15 is 0 Å². The Bertz CT molecular complexity index is 1560. The van der Waals surface area contributed by atoms with Gasteiger partial charge in [0.05, 0.1) is 31.6 Å². The minimum Gasteiger partial charge on any atom is -0.378 e. The Morgan fingerprint density at radius 2 is 1.56 bits per heavy atom. The van der Waals surface area contributed by atoms with E-state index in [0.29, 0.717) is 34.9 Å². The summed E-state index contributed by atoms with van der Waals surface area (Å²) in [4.78, 5) is 16.4. The molecule has 7 nitrogen and oxygen atoms in total. The zero-order valence-electron chi connectivity index (χ0n) is 20.9. The highest BCUT2D eigenvalue weighted by molar-refractivity contribution is 5.87. The van der Waals surface area contributed by atoms with Crippen LogP contribution in [0.3, 0.4) is 0 Å². The molecule has 0 saturated carbocycles. The highest BCUT2D eigenvalue weighted by Crippen LogP contribution is 2.30. The monoisotopic (exact) mass is 530 g/mol. The fraction of sp³-hybridized carbons (Fsp3) is 0.207. The number of aromatic nitrogens is 4. The van der Waals surface area contributed by atoms with Gasteiger partial charge in [-0.2, -0.15) is 13.2 Å². The smallest absolute Gasteiger partial charge is 0.378 e. The molecule has 5 aromatic rings. The van der Waals surface area contributed by atoms with Crippen LogP contribution in [0.25, 0.3) is 22.6 Å². The van der Waals surface area contributed by atoms with E-state index in [2.05, 4.69) is 27.3 Å². The first-order valence-electron chi connectivity index (χ1n) is 12.6. The number of halogens is 3. The number of imidazole rings is 1. The van der Waals surface area contributed by atoms with E-state index in [4.69, 9.17) is 14.7 Å². The fourth-order valence-electron chi connectivity index (χ4n) is 4.57. The Kier molecular flexibility index (Phi) is 6.62. The summed E-state index contributed by atoms with van der Waals surface area (Å²) in [7, 11) is 0. The number of nitrogens with one attached hydrogen (secondary N) is 1. The molecule has 10 heteroatoms. The Labute approximate surface area is 222 Å². The van der Waals surface area contributed by atoms with Gasteiger partial charge in [0.25, 0.3) is 0 Å². The molecule has 39 heavy (non-hydrogen) atoms. The summed E-state index contributed by atoms with van der Waals surface area (Å²) in [6, 6.07) is 22.9. The van der Waals surface area contributed by atoms with Gasteiger partial charge < -0.3 is 19.5 Å².